The number of carbonyl (C=O) groups excluding carboxylic acids is 3. The highest BCUT2D eigenvalue weighted by molar-refractivity contribution is 6.17. The molecule has 0 saturated heterocycles. The molecule has 0 amide bonds. The van der Waals surface area contributed by atoms with E-state index in [1.54, 1.807) is 72.8 Å². The summed E-state index contributed by atoms with van der Waals surface area (Å²) >= 11 is 0. The van der Waals surface area contributed by atoms with Crippen molar-refractivity contribution in [3.8, 4) is 17.2 Å². The SMILES string of the molecule is COc1cccc(C(=O)c2cc3cc(c2)C(=O)c2ccc(cc2)OCCOCCOCCOc2ccc(cc2)C3=O)c1. The largest absolute Gasteiger partial charge is 0.497 e. The molecule has 3 aliphatic rings. The summed E-state index contributed by atoms with van der Waals surface area (Å²) in [5.74, 6) is 0.689. The van der Waals surface area contributed by atoms with Gasteiger partial charge in [0.05, 0.1) is 33.5 Å². The fraction of sp³-hybridized carbons (Fsp3) is 0.206. The van der Waals surface area contributed by atoms with Gasteiger partial charge in [-0.1, -0.05) is 12.1 Å². The average Bonchev–Trinajstić information content (AvgIpc) is 3.04. The Kier molecular flexibility index (Phi) is 9.38. The molecule has 0 radical (unpaired) electrons. The molecule has 0 aromatic heterocycles. The van der Waals surface area contributed by atoms with E-state index in [4.69, 9.17) is 23.7 Å². The van der Waals surface area contributed by atoms with Gasteiger partial charge in [-0.25, -0.2) is 0 Å². The first kappa shape index (κ1) is 28.7. The third-order valence-corrected chi connectivity index (χ3v) is 6.65. The molecule has 8 nitrogen and oxygen atoms in total. The van der Waals surface area contributed by atoms with Gasteiger partial charge in [0.2, 0.25) is 0 Å². The molecule has 8 heteroatoms. The number of hydrogen-bond acceptors (Lipinski definition) is 8. The molecule has 4 aromatic rings. The standard InChI is InChI=1S/C34H30O8/c1-38-31-4-2-3-25(22-31)34(37)28-20-26-19-27(21-28)33(36)24-7-11-30(12-8-24)42-18-16-40-14-13-39-15-17-41-29-9-5-23(6-10-29)32(26)35/h2-12,19-22H,13-18H2,1H3. The molecule has 0 spiro atoms. The number of ketones is 3. The van der Waals surface area contributed by atoms with Crippen LogP contribution in [0.3, 0.4) is 0 Å². The first-order chi connectivity index (χ1) is 20.5. The smallest absolute Gasteiger partial charge is 0.193 e. The summed E-state index contributed by atoms with van der Waals surface area (Å²) in [6, 6.07) is 24.7. The molecule has 214 valence electrons. The molecular formula is C34H30O8. The van der Waals surface area contributed by atoms with Crippen LogP contribution in [-0.2, 0) is 9.47 Å². The van der Waals surface area contributed by atoms with Gasteiger partial charge < -0.3 is 23.7 Å². The van der Waals surface area contributed by atoms with Crippen LogP contribution in [0.5, 0.6) is 17.2 Å². The van der Waals surface area contributed by atoms with Gasteiger partial charge in [-0.2, -0.15) is 0 Å². The second kappa shape index (κ2) is 13.7. The lowest BCUT2D eigenvalue weighted by Gasteiger charge is -2.11. The minimum atomic E-state index is -0.341. The van der Waals surface area contributed by atoms with E-state index in [1.807, 2.05) is 0 Å². The van der Waals surface area contributed by atoms with Crippen LogP contribution < -0.4 is 14.2 Å². The molecular weight excluding hydrogens is 536 g/mol. The molecule has 0 aliphatic carbocycles. The minimum absolute atomic E-state index is 0.211. The highest BCUT2D eigenvalue weighted by Crippen LogP contribution is 2.24. The van der Waals surface area contributed by atoms with E-state index < -0.39 is 0 Å². The van der Waals surface area contributed by atoms with Crippen LogP contribution in [0.15, 0.2) is 91.0 Å². The molecule has 0 N–H and O–H groups in total. The molecule has 3 heterocycles. The Morgan fingerprint density at radius 1 is 0.571 bits per heavy atom. The number of rotatable bonds is 3. The summed E-state index contributed by atoms with van der Waals surface area (Å²) < 4.78 is 27.8. The first-order valence-corrected chi connectivity index (χ1v) is 13.6. The molecule has 0 fully saturated rings. The number of methoxy groups -OCH3 is 1. The molecule has 42 heavy (non-hydrogen) atoms. The van der Waals surface area contributed by atoms with Gasteiger partial charge in [-0.05, 0) is 78.9 Å². The van der Waals surface area contributed by atoms with Gasteiger partial charge in [0.1, 0.15) is 30.5 Å². The molecule has 6 bridgehead atoms. The Labute approximate surface area is 243 Å². The lowest BCUT2D eigenvalue weighted by atomic mass is 9.92. The maximum atomic E-state index is 13.6. The predicted molar refractivity (Wildman–Crippen MR) is 155 cm³/mol. The van der Waals surface area contributed by atoms with E-state index in [0.717, 1.165) is 0 Å². The molecule has 3 aliphatic heterocycles. The summed E-state index contributed by atoms with van der Waals surface area (Å²) in [6.07, 6.45) is 0. The normalized spacial score (nSPS) is 14.6. The van der Waals surface area contributed by atoms with Crippen molar-refractivity contribution < 1.29 is 38.1 Å². The zero-order valence-corrected chi connectivity index (χ0v) is 23.2. The van der Waals surface area contributed by atoms with Crippen molar-refractivity contribution in [1.82, 2.24) is 0 Å². The zero-order chi connectivity index (χ0) is 29.3. The van der Waals surface area contributed by atoms with E-state index in [-0.39, 0.29) is 34.0 Å². The van der Waals surface area contributed by atoms with Crippen LogP contribution in [0, 0.1) is 0 Å². The van der Waals surface area contributed by atoms with E-state index >= 15 is 0 Å². The van der Waals surface area contributed by atoms with Gasteiger partial charge in [0, 0.05) is 33.4 Å². The van der Waals surface area contributed by atoms with E-state index in [2.05, 4.69) is 0 Å². The zero-order valence-electron chi connectivity index (χ0n) is 23.2. The Bertz CT molecular complexity index is 1470. The van der Waals surface area contributed by atoms with Crippen LogP contribution >= 0.6 is 0 Å². The number of ether oxygens (including phenoxy) is 5. The first-order valence-electron chi connectivity index (χ1n) is 13.6. The summed E-state index contributed by atoms with van der Waals surface area (Å²) in [5, 5.41) is 0. The molecule has 0 unspecified atom stereocenters. The third kappa shape index (κ3) is 7.09. The predicted octanol–water partition coefficient (Wildman–Crippen LogP) is 5.19. The van der Waals surface area contributed by atoms with Gasteiger partial charge in [-0.3, -0.25) is 14.4 Å². The van der Waals surface area contributed by atoms with E-state index in [0.29, 0.717) is 73.6 Å². The fourth-order valence-corrected chi connectivity index (χ4v) is 4.45. The molecule has 7 rings (SSSR count). The van der Waals surface area contributed by atoms with Crippen LogP contribution in [0.25, 0.3) is 0 Å². The van der Waals surface area contributed by atoms with Crippen molar-refractivity contribution >= 4 is 17.3 Å². The fourth-order valence-electron chi connectivity index (χ4n) is 4.45. The van der Waals surface area contributed by atoms with Crippen LogP contribution in [0.1, 0.15) is 47.8 Å². The number of fused-ring (bicyclic) bond motifs is 2. The third-order valence-electron chi connectivity index (χ3n) is 6.65. The Morgan fingerprint density at radius 3 is 1.57 bits per heavy atom. The van der Waals surface area contributed by atoms with Crippen molar-refractivity contribution in [3.63, 3.8) is 0 Å². The van der Waals surface area contributed by atoms with Crippen molar-refractivity contribution in [2.24, 2.45) is 0 Å². The van der Waals surface area contributed by atoms with Crippen molar-refractivity contribution in [2.45, 2.75) is 0 Å². The Balaban J connectivity index is 1.52. The van der Waals surface area contributed by atoms with Crippen molar-refractivity contribution in [1.29, 1.82) is 0 Å². The lowest BCUT2D eigenvalue weighted by molar-refractivity contribution is 0.0273. The van der Waals surface area contributed by atoms with Gasteiger partial charge >= 0.3 is 0 Å². The second-order valence-electron chi connectivity index (χ2n) is 9.49. The van der Waals surface area contributed by atoms with Gasteiger partial charge in [0.15, 0.2) is 17.3 Å². The Hall–Kier alpha value is -4.79. The van der Waals surface area contributed by atoms with Gasteiger partial charge in [0.25, 0.3) is 0 Å². The highest BCUT2D eigenvalue weighted by atomic mass is 16.6. The van der Waals surface area contributed by atoms with E-state index in [9.17, 15) is 14.4 Å². The van der Waals surface area contributed by atoms with Crippen molar-refractivity contribution in [3.05, 3.63) is 124 Å². The highest BCUT2D eigenvalue weighted by Gasteiger charge is 2.20. The summed E-state index contributed by atoms with van der Waals surface area (Å²) in [5.41, 5.74) is 1.79. The molecule has 0 atom stereocenters. The minimum Gasteiger partial charge on any atom is -0.497 e. The monoisotopic (exact) mass is 566 g/mol. The van der Waals surface area contributed by atoms with Crippen molar-refractivity contribution in [2.75, 3.05) is 46.8 Å². The Morgan fingerprint density at radius 2 is 1.07 bits per heavy atom. The summed E-state index contributed by atoms with van der Waals surface area (Å²) in [4.78, 5) is 40.8. The maximum Gasteiger partial charge on any atom is 0.193 e. The lowest BCUT2D eigenvalue weighted by Crippen LogP contribution is -2.13. The van der Waals surface area contributed by atoms with Crippen LogP contribution in [0.4, 0.5) is 0 Å². The second-order valence-corrected chi connectivity index (χ2v) is 9.49. The maximum absolute atomic E-state index is 13.6. The molecule has 0 saturated carbocycles. The summed E-state index contributed by atoms with van der Waals surface area (Å²) in [7, 11) is 1.52. The van der Waals surface area contributed by atoms with E-state index in [1.165, 1.54) is 25.3 Å². The number of benzene rings is 4. The van der Waals surface area contributed by atoms with Gasteiger partial charge in [-0.15, -0.1) is 0 Å². The van der Waals surface area contributed by atoms with Crippen LogP contribution in [-0.4, -0.2) is 64.1 Å². The average molecular weight is 567 g/mol. The molecule has 4 aromatic carbocycles. The number of hydrogen-bond donors (Lipinski definition) is 0. The summed E-state index contributed by atoms with van der Waals surface area (Å²) in [6.45, 7) is 2.30. The quantitative estimate of drug-likeness (QED) is 0.313. The topological polar surface area (TPSA) is 97.4 Å². The number of carbonyl (C=O) groups is 3. The van der Waals surface area contributed by atoms with Crippen LogP contribution in [0.2, 0.25) is 0 Å².